The summed E-state index contributed by atoms with van der Waals surface area (Å²) < 4.78 is 17.8. The van der Waals surface area contributed by atoms with Gasteiger partial charge in [-0.1, -0.05) is 13.0 Å². The summed E-state index contributed by atoms with van der Waals surface area (Å²) in [6.07, 6.45) is 4.16. The molecule has 0 unspecified atom stereocenters. The number of hydrogen-bond acceptors (Lipinski definition) is 6. The molecule has 7 heteroatoms. The molecule has 32 heavy (non-hydrogen) atoms. The van der Waals surface area contributed by atoms with Crippen LogP contribution in [0, 0.1) is 13.8 Å². The predicted octanol–water partition coefficient (Wildman–Crippen LogP) is 6.12. The summed E-state index contributed by atoms with van der Waals surface area (Å²) >= 11 is 0. The van der Waals surface area contributed by atoms with Crippen molar-refractivity contribution < 1.29 is 19.0 Å². The van der Waals surface area contributed by atoms with Crippen molar-refractivity contribution in [3.05, 3.63) is 52.6 Å². The van der Waals surface area contributed by atoms with Gasteiger partial charge in [0.1, 0.15) is 5.75 Å². The summed E-state index contributed by atoms with van der Waals surface area (Å²) in [6, 6.07) is 9.76. The van der Waals surface area contributed by atoms with Crippen LogP contribution in [0.4, 0.5) is 0 Å². The minimum absolute atomic E-state index is 0.0154. The molecule has 1 aliphatic rings. The third-order valence-electron chi connectivity index (χ3n) is 5.64. The molecule has 2 aromatic carbocycles. The molecule has 1 aliphatic carbocycles. The quantitative estimate of drug-likeness (QED) is 0.366. The van der Waals surface area contributed by atoms with Crippen LogP contribution < -0.4 is 9.47 Å². The van der Waals surface area contributed by atoms with Crippen molar-refractivity contribution in [2.45, 2.75) is 46.5 Å². The molecule has 2 aromatic heterocycles. The Balaban J connectivity index is 1.55. The van der Waals surface area contributed by atoms with Crippen molar-refractivity contribution in [1.29, 1.82) is 0 Å². The van der Waals surface area contributed by atoms with Gasteiger partial charge in [0.15, 0.2) is 11.3 Å². The van der Waals surface area contributed by atoms with Gasteiger partial charge in [-0.15, -0.1) is 0 Å². The number of rotatable bonds is 6. The molecule has 0 saturated carbocycles. The van der Waals surface area contributed by atoms with Crippen LogP contribution in [0.25, 0.3) is 22.7 Å². The molecule has 0 saturated heterocycles. The van der Waals surface area contributed by atoms with Crippen LogP contribution in [0.5, 0.6) is 23.4 Å². The van der Waals surface area contributed by atoms with Gasteiger partial charge in [-0.3, -0.25) is 5.11 Å². The SMILES string of the molecule is CCCOc1nc(Oc2ccc3c(c2)CCC3)nc2oc(-c3cc(C)c([O])c(C)c3)nc12. The maximum absolute atomic E-state index is 12.1. The summed E-state index contributed by atoms with van der Waals surface area (Å²) in [5, 5.41) is 12.1. The Bertz CT molecular complexity index is 1290. The van der Waals surface area contributed by atoms with Gasteiger partial charge in [0.2, 0.25) is 5.89 Å². The average Bonchev–Trinajstić information content (AvgIpc) is 3.42. The fraction of sp³-hybridized carbons (Fsp3) is 0.320. The topological polar surface area (TPSA) is 90.2 Å². The number of aromatic nitrogens is 3. The molecule has 1 radical (unpaired) electrons. The van der Waals surface area contributed by atoms with Crippen molar-refractivity contribution in [2.75, 3.05) is 6.61 Å². The van der Waals surface area contributed by atoms with E-state index in [9.17, 15) is 5.11 Å². The Morgan fingerprint density at radius 3 is 2.56 bits per heavy atom. The lowest BCUT2D eigenvalue weighted by Gasteiger charge is -2.08. The zero-order valence-electron chi connectivity index (χ0n) is 18.4. The van der Waals surface area contributed by atoms with Crippen LogP contribution in [-0.2, 0) is 17.9 Å². The molecular weight excluding hydrogens is 406 g/mol. The highest BCUT2D eigenvalue weighted by Crippen LogP contribution is 2.34. The van der Waals surface area contributed by atoms with E-state index in [0.717, 1.165) is 19.3 Å². The highest BCUT2D eigenvalue weighted by Gasteiger charge is 2.20. The number of nitrogens with zero attached hydrogens (tertiary/aromatic N) is 3. The number of aryl methyl sites for hydroxylation is 4. The van der Waals surface area contributed by atoms with Crippen LogP contribution in [0.2, 0.25) is 0 Å². The molecule has 0 amide bonds. The first-order valence-electron chi connectivity index (χ1n) is 10.9. The fourth-order valence-corrected chi connectivity index (χ4v) is 4.04. The minimum Gasteiger partial charge on any atom is -0.476 e. The van der Waals surface area contributed by atoms with E-state index in [1.54, 1.807) is 26.0 Å². The van der Waals surface area contributed by atoms with Crippen molar-refractivity contribution in [1.82, 2.24) is 15.0 Å². The lowest BCUT2D eigenvalue weighted by atomic mass is 10.1. The summed E-state index contributed by atoms with van der Waals surface area (Å²) in [7, 11) is 0. The number of oxazole rings is 1. The van der Waals surface area contributed by atoms with Gasteiger partial charge in [-0.05, 0) is 86.1 Å². The van der Waals surface area contributed by atoms with E-state index >= 15 is 0 Å². The fourth-order valence-electron chi connectivity index (χ4n) is 4.04. The number of ether oxygens (including phenoxy) is 2. The zero-order chi connectivity index (χ0) is 22.2. The molecule has 4 aromatic rings. The van der Waals surface area contributed by atoms with E-state index in [2.05, 4.69) is 21.0 Å². The normalized spacial score (nSPS) is 12.8. The summed E-state index contributed by atoms with van der Waals surface area (Å²) in [6.45, 7) is 6.06. The van der Waals surface area contributed by atoms with Crippen LogP contribution in [0.1, 0.15) is 42.0 Å². The monoisotopic (exact) mass is 430 g/mol. The Morgan fingerprint density at radius 2 is 1.78 bits per heavy atom. The second-order valence-corrected chi connectivity index (χ2v) is 8.16. The first kappa shape index (κ1) is 20.3. The van der Waals surface area contributed by atoms with Crippen LogP contribution in [-0.4, -0.2) is 21.6 Å². The van der Waals surface area contributed by atoms with E-state index in [1.165, 1.54) is 17.5 Å². The first-order chi connectivity index (χ1) is 15.5. The van der Waals surface area contributed by atoms with E-state index in [4.69, 9.17) is 13.9 Å². The van der Waals surface area contributed by atoms with Crippen LogP contribution in [0.3, 0.4) is 0 Å². The van der Waals surface area contributed by atoms with Crippen LogP contribution >= 0.6 is 0 Å². The maximum Gasteiger partial charge on any atom is 0.328 e. The molecule has 2 heterocycles. The van der Waals surface area contributed by atoms with Crippen molar-refractivity contribution in [3.8, 4) is 34.8 Å². The van der Waals surface area contributed by atoms with Crippen molar-refractivity contribution in [3.63, 3.8) is 0 Å². The molecule has 0 aliphatic heterocycles. The van der Waals surface area contributed by atoms with Crippen molar-refractivity contribution >= 4 is 11.2 Å². The second kappa shape index (κ2) is 8.15. The average molecular weight is 430 g/mol. The van der Waals surface area contributed by atoms with E-state index in [0.29, 0.717) is 46.3 Å². The second-order valence-electron chi connectivity index (χ2n) is 8.16. The minimum atomic E-state index is 0.0154. The highest BCUT2D eigenvalue weighted by molar-refractivity contribution is 5.78. The number of benzene rings is 2. The zero-order valence-corrected chi connectivity index (χ0v) is 18.4. The van der Waals surface area contributed by atoms with Gasteiger partial charge in [-0.2, -0.15) is 9.97 Å². The van der Waals surface area contributed by atoms with Crippen LogP contribution in [0.15, 0.2) is 34.7 Å². The maximum atomic E-state index is 12.1. The Morgan fingerprint density at radius 1 is 1.00 bits per heavy atom. The first-order valence-corrected chi connectivity index (χ1v) is 10.9. The molecule has 0 spiro atoms. The van der Waals surface area contributed by atoms with E-state index in [-0.39, 0.29) is 17.5 Å². The molecule has 163 valence electrons. The summed E-state index contributed by atoms with van der Waals surface area (Å²) in [5.41, 5.74) is 5.36. The third-order valence-corrected chi connectivity index (χ3v) is 5.64. The van der Waals surface area contributed by atoms with E-state index in [1.807, 2.05) is 19.1 Å². The molecule has 0 N–H and O–H groups in total. The lowest BCUT2D eigenvalue weighted by molar-refractivity contribution is 0.302. The van der Waals surface area contributed by atoms with E-state index < -0.39 is 0 Å². The predicted molar refractivity (Wildman–Crippen MR) is 119 cm³/mol. The van der Waals surface area contributed by atoms with Gasteiger partial charge in [0.05, 0.1) is 6.61 Å². The molecule has 0 atom stereocenters. The largest absolute Gasteiger partial charge is 0.476 e. The van der Waals surface area contributed by atoms with Gasteiger partial charge < -0.3 is 13.9 Å². The summed E-state index contributed by atoms with van der Waals surface area (Å²) in [5.74, 6) is 1.37. The Labute approximate surface area is 186 Å². The van der Waals surface area contributed by atoms with Gasteiger partial charge in [-0.25, -0.2) is 4.98 Å². The van der Waals surface area contributed by atoms with Gasteiger partial charge in [0, 0.05) is 5.56 Å². The molecule has 0 bridgehead atoms. The number of fused-ring (bicyclic) bond motifs is 2. The Hall–Kier alpha value is -3.61. The molecule has 7 nitrogen and oxygen atoms in total. The smallest absolute Gasteiger partial charge is 0.328 e. The molecule has 5 rings (SSSR count). The van der Waals surface area contributed by atoms with Crippen molar-refractivity contribution in [2.24, 2.45) is 0 Å². The Kier molecular flexibility index (Phi) is 5.17. The molecule has 0 fully saturated rings. The highest BCUT2D eigenvalue weighted by atomic mass is 16.5. The van der Waals surface area contributed by atoms with Gasteiger partial charge >= 0.3 is 6.01 Å². The third kappa shape index (κ3) is 3.75. The summed E-state index contributed by atoms with van der Waals surface area (Å²) in [4.78, 5) is 13.5. The number of hydrogen-bond donors (Lipinski definition) is 0. The molecular formula is C25H24N3O4. The standard InChI is InChI=1S/C25H24N3O4/c1-4-10-30-23-20-24(32-22(26-20)18-11-14(2)21(29)15(3)12-18)28-25(27-23)31-19-9-8-16-6-5-7-17(16)13-19/h8-9,11-13H,4-7,10H2,1-3H3. The van der Waals surface area contributed by atoms with Gasteiger partial charge in [0.25, 0.3) is 11.6 Å². The lowest BCUT2D eigenvalue weighted by Crippen LogP contribution is -2.01.